The fraction of sp³-hybridized carbons (Fsp3) is 0.583. The largest absolute Gasteiger partial charge is 0.370 e. The van der Waals surface area contributed by atoms with Crippen LogP contribution in [0.3, 0.4) is 0 Å². The summed E-state index contributed by atoms with van der Waals surface area (Å²) < 4.78 is 4.60. The summed E-state index contributed by atoms with van der Waals surface area (Å²) in [7, 11) is 3.60. The number of aromatic amines is 1. The molecule has 0 saturated carbocycles. The van der Waals surface area contributed by atoms with Gasteiger partial charge in [0, 0.05) is 14.1 Å². The molecule has 1 fully saturated rings. The lowest BCUT2D eigenvalue weighted by atomic mass is 10.2. The second-order valence-electron chi connectivity index (χ2n) is 4.62. The molecule has 0 unspecified atom stereocenters. The number of H-pyrrole nitrogens is 1. The lowest BCUT2D eigenvalue weighted by molar-refractivity contribution is 0.398. The Morgan fingerprint density at radius 3 is 2.47 bits per heavy atom. The third-order valence-corrected chi connectivity index (χ3v) is 2.90. The van der Waals surface area contributed by atoms with Crippen LogP contribution in [0.25, 0.3) is 11.0 Å². The first kappa shape index (κ1) is 13.5. The minimum absolute atomic E-state index is 0.382. The zero-order valence-corrected chi connectivity index (χ0v) is 11.3. The number of fused-ring (bicyclic) bond motifs is 1. The van der Waals surface area contributed by atoms with Gasteiger partial charge >= 0.3 is 5.63 Å². The molecule has 1 aliphatic rings. The highest BCUT2D eigenvalue weighted by atomic mass is 16.5. The molecular formula is C12H19N5O2. The Hall–Kier alpha value is -1.89. The zero-order valence-electron chi connectivity index (χ0n) is 11.3. The van der Waals surface area contributed by atoms with E-state index in [4.69, 9.17) is 0 Å². The first-order valence-corrected chi connectivity index (χ1v) is 6.40. The van der Waals surface area contributed by atoms with E-state index in [2.05, 4.69) is 25.0 Å². The van der Waals surface area contributed by atoms with Crippen LogP contribution in [0, 0.1) is 0 Å². The van der Waals surface area contributed by atoms with E-state index in [1.807, 2.05) is 0 Å². The number of rotatable bonds is 1. The molecule has 2 aromatic rings. The minimum atomic E-state index is -0.445. The van der Waals surface area contributed by atoms with E-state index >= 15 is 0 Å². The number of nitrogens with one attached hydrogen (secondary N) is 2. The van der Waals surface area contributed by atoms with Crippen molar-refractivity contribution in [2.75, 3.05) is 32.1 Å². The third-order valence-electron chi connectivity index (χ3n) is 2.90. The highest BCUT2D eigenvalue weighted by Crippen LogP contribution is 2.15. The molecule has 3 heterocycles. The molecular weight excluding hydrogens is 246 g/mol. The lowest BCUT2D eigenvalue weighted by Gasteiger charge is -2.09. The van der Waals surface area contributed by atoms with Crippen LogP contribution in [0.2, 0.25) is 0 Å². The number of anilines is 1. The summed E-state index contributed by atoms with van der Waals surface area (Å²) >= 11 is 0. The predicted octanol–water partition coefficient (Wildman–Crippen LogP) is 0.737. The second kappa shape index (κ2) is 6.33. The van der Waals surface area contributed by atoms with Gasteiger partial charge in [0.05, 0.1) is 0 Å². The summed E-state index contributed by atoms with van der Waals surface area (Å²) in [5.41, 5.74) is -0.0250. The first-order valence-electron chi connectivity index (χ1n) is 6.40. The molecule has 0 aromatic carbocycles. The van der Waals surface area contributed by atoms with Crippen LogP contribution in [0.1, 0.15) is 19.3 Å². The summed E-state index contributed by atoms with van der Waals surface area (Å²) in [6.45, 7) is 2.50. The van der Waals surface area contributed by atoms with E-state index < -0.39 is 5.63 Å². The average Bonchev–Trinajstić information content (AvgIpc) is 2.83. The van der Waals surface area contributed by atoms with Gasteiger partial charge in [0.15, 0.2) is 5.65 Å². The number of aromatic nitrogens is 3. The van der Waals surface area contributed by atoms with E-state index in [9.17, 15) is 4.79 Å². The fourth-order valence-corrected chi connectivity index (χ4v) is 1.93. The number of nitrogens with zero attached hydrogens (tertiary/aromatic N) is 3. The van der Waals surface area contributed by atoms with Gasteiger partial charge in [0.25, 0.3) is 0 Å². The lowest BCUT2D eigenvalue weighted by Crippen LogP contribution is -2.21. The Balaban J connectivity index is 0.000000186. The van der Waals surface area contributed by atoms with E-state index in [0.717, 1.165) is 0 Å². The van der Waals surface area contributed by atoms with E-state index in [1.54, 1.807) is 19.0 Å². The van der Waals surface area contributed by atoms with Crippen LogP contribution in [0.4, 0.5) is 5.82 Å². The Labute approximate surface area is 111 Å². The summed E-state index contributed by atoms with van der Waals surface area (Å²) in [6, 6.07) is 0. The molecule has 0 aliphatic carbocycles. The molecule has 0 bridgehead atoms. The molecule has 1 aliphatic heterocycles. The first-order chi connectivity index (χ1) is 9.20. The third kappa shape index (κ3) is 3.31. The monoisotopic (exact) mass is 265 g/mol. The van der Waals surface area contributed by atoms with E-state index in [-0.39, 0.29) is 0 Å². The van der Waals surface area contributed by atoms with Gasteiger partial charge in [0.1, 0.15) is 17.5 Å². The van der Waals surface area contributed by atoms with Crippen molar-refractivity contribution in [3.8, 4) is 0 Å². The van der Waals surface area contributed by atoms with Gasteiger partial charge in [-0.3, -0.25) is 0 Å². The maximum absolute atomic E-state index is 11.2. The zero-order chi connectivity index (χ0) is 13.7. The molecule has 1 saturated heterocycles. The van der Waals surface area contributed by atoms with Crippen LogP contribution >= 0.6 is 0 Å². The van der Waals surface area contributed by atoms with Crippen LogP contribution in [-0.4, -0.2) is 42.3 Å². The smallest absolute Gasteiger partial charge is 0.362 e. The number of hydrogen-bond donors (Lipinski definition) is 2. The normalized spacial score (nSPS) is 14.8. The van der Waals surface area contributed by atoms with Crippen molar-refractivity contribution < 1.29 is 4.52 Å². The van der Waals surface area contributed by atoms with Crippen molar-refractivity contribution in [2.24, 2.45) is 0 Å². The van der Waals surface area contributed by atoms with Gasteiger partial charge in [-0.25, -0.2) is 14.8 Å². The summed E-state index contributed by atoms with van der Waals surface area (Å²) in [5, 5.41) is 6.08. The molecule has 0 atom stereocenters. The maximum atomic E-state index is 11.2. The summed E-state index contributed by atoms with van der Waals surface area (Å²) in [4.78, 5) is 20.8. The van der Waals surface area contributed by atoms with Gasteiger partial charge in [-0.1, -0.05) is 6.42 Å². The fourth-order valence-electron chi connectivity index (χ4n) is 1.93. The van der Waals surface area contributed by atoms with Crippen molar-refractivity contribution in [2.45, 2.75) is 19.3 Å². The molecule has 104 valence electrons. The Bertz CT molecular complexity index is 559. The van der Waals surface area contributed by atoms with Crippen molar-refractivity contribution in [1.82, 2.24) is 20.4 Å². The van der Waals surface area contributed by atoms with Crippen LogP contribution in [0.15, 0.2) is 15.6 Å². The highest BCUT2D eigenvalue weighted by Gasteiger charge is 2.12. The minimum Gasteiger partial charge on any atom is -0.362 e. The maximum Gasteiger partial charge on any atom is 0.370 e. The molecule has 2 aromatic heterocycles. The van der Waals surface area contributed by atoms with Crippen LogP contribution in [-0.2, 0) is 0 Å². The predicted molar refractivity (Wildman–Crippen MR) is 73.5 cm³/mol. The van der Waals surface area contributed by atoms with Gasteiger partial charge in [-0.2, -0.15) is 5.16 Å². The SMILES string of the molecule is C1CCNCC1.CN(C)c1ncnc2[nH]oc(=O)c12. The Kier molecular flexibility index (Phi) is 4.51. The van der Waals surface area contributed by atoms with E-state index in [1.165, 1.54) is 38.7 Å². The molecule has 0 amide bonds. The Morgan fingerprint density at radius 2 is 1.95 bits per heavy atom. The molecule has 0 spiro atoms. The van der Waals surface area contributed by atoms with E-state index in [0.29, 0.717) is 16.9 Å². The standard InChI is InChI=1S/C7H8N4O2.C5H11N/c1-11(2)6-4-5(8-3-9-6)10-13-7(4)12;1-2-4-6-5-3-1/h3H,1-2H3,(H,8,9,10);6H,1-5H2. The van der Waals surface area contributed by atoms with Crippen LogP contribution < -0.4 is 15.8 Å². The highest BCUT2D eigenvalue weighted by molar-refractivity contribution is 5.85. The molecule has 2 N–H and O–H groups in total. The van der Waals surface area contributed by atoms with Gasteiger partial charge in [-0.05, 0) is 25.9 Å². The van der Waals surface area contributed by atoms with Crippen molar-refractivity contribution in [3.63, 3.8) is 0 Å². The number of piperidine rings is 1. The van der Waals surface area contributed by atoms with Crippen molar-refractivity contribution in [1.29, 1.82) is 0 Å². The molecule has 3 rings (SSSR count). The Morgan fingerprint density at radius 1 is 1.21 bits per heavy atom. The number of hydrogen-bond acceptors (Lipinski definition) is 6. The molecule has 7 nitrogen and oxygen atoms in total. The summed E-state index contributed by atoms with van der Waals surface area (Å²) in [6.07, 6.45) is 5.59. The average molecular weight is 265 g/mol. The molecule has 19 heavy (non-hydrogen) atoms. The van der Waals surface area contributed by atoms with Crippen molar-refractivity contribution >= 4 is 16.9 Å². The topological polar surface area (TPSA) is 87.0 Å². The molecule has 7 heteroatoms. The van der Waals surface area contributed by atoms with Gasteiger partial charge in [-0.15, -0.1) is 0 Å². The van der Waals surface area contributed by atoms with Gasteiger partial charge in [0.2, 0.25) is 0 Å². The quantitative estimate of drug-likeness (QED) is 0.790. The second-order valence-corrected chi connectivity index (χ2v) is 4.62. The van der Waals surface area contributed by atoms with Crippen LogP contribution in [0.5, 0.6) is 0 Å². The molecule has 0 radical (unpaired) electrons. The summed E-state index contributed by atoms with van der Waals surface area (Å²) in [5.74, 6) is 0.556. The van der Waals surface area contributed by atoms with Crippen molar-refractivity contribution in [3.05, 3.63) is 16.7 Å². The van der Waals surface area contributed by atoms with Gasteiger partial charge < -0.3 is 14.7 Å².